The molecule has 1 saturated heterocycles. The van der Waals surface area contributed by atoms with Gasteiger partial charge in [0.2, 0.25) is 5.28 Å². The summed E-state index contributed by atoms with van der Waals surface area (Å²) in [6.07, 6.45) is 3.60. The SMILES string of the molecule is CCCOC1CCCN(c2nc(Cl)nc3sc(C)cc23)C1. The number of anilines is 1. The summed E-state index contributed by atoms with van der Waals surface area (Å²) >= 11 is 7.76. The van der Waals surface area contributed by atoms with E-state index in [1.54, 1.807) is 11.3 Å². The zero-order valence-electron chi connectivity index (χ0n) is 12.4. The number of halogens is 1. The first kappa shape index (κ1) is 15.0. The van der Waals surface area contributed by atoms with Crippen molar-refractivity contribution in [2.75, 3.05) is 24.6 Å². The number of piperidine rings is 1. The van der Waals surface area contributed by atoms with Crippen molar-refractivity contribution in [3.05, 3.63) is 16.2 Å². The van der Waals surface area contributed by atoms with Gasteiger partial charge in [0.25, 0.3) is 0 Å². The Balaban J connectivity index is 1.88. The van der Waals surface area contributed by atoms with Crippen molar-refractivity contribution in [3.8, 4) is 0 Å². The largest absolute Gasteiger partial charge is 0.376 e. The van der Waals surface area contributed by atoms with Crippen LogP contribution in [0.2, 0.25) is 5.28 Å². The van der Waals surface area contributed by atoms with Gasteiger partial charge >= 0.3 is 0 Å². The summed E-state index contributed by atoms with van der Waals surface area (Å²) in [6, 6.07) is 2.15. The Morgan fingerprint density at radius 3 is 3.14 bits per heavy atom. The minimum absolute atomic E-state index is 0.294. The maximum absolute atomic E-state index is 6.10. The molecule has 6 heteroatoms. The van der Waals surface area contributed by atoms with Gasteiger partial charge in [-0.2, -0.15) is 4.98 Å². The number of ether oxygens (including phenoxy) is 1. The molecule has 1 fully saturated rings. The molecule has 0 aliphatic carbocycles. The number of aryl methyl sites for hydroxylation is 1. The molecular weight excluding hydrogens is 306 g/mol. The predicted molar refractivity (Wildman–Crippen MR) is 88.6 cm³/mol. The van der Waals surface area contributed by atoms with Crippen molar-refractivity contribution in [3.63, 3.8) is 0 Å². The number of rotatable bonds is 4. The van der Waals surface area contributed by atoms with Gasteiger partial charge in [-0.3, -0.25) is 0 Å². The Morgan fingerprint density at radius 1 is 1.48 bits per heavy atom. The van der Waals surface area contributed by atoms with Crippen LogP contribution >= 0.6 is 22.9 Å². The van der Waals surface area contributed by atoms with Crippen molar-refractivity contribution in [2.45, 2.75) is 39.2 Å². The van der Waals surface area contributed by atoms with E-state index in [1.165, 1.54) is 4.88 Å². The van der Waals surface area contributed by atoms with Crippen LogP contribution in [0, 0.1) is 6.92 Å². The van der Waals surface area contributed by atoms with Gasteiger partial charge in [0.05, 0.1) is 11.5 Å². The Morgan fingerprint density at radius 2 is 2.33 bits per heavy atom. The van der Waals surface area contributed by atoms with Crippen LogP contribution in [0.25, 0.3) is 10.2 Å². The molecule has 2 aromatic rings. The number of nitrogens with zero attached hydrogens (tertiary/aromatic N) is 3. The smallest absolute Gasteiger partial charge is 0.225 e. The number of fused-ring (bicyclic) bond motifs is 1. The van der Waals surface area contributed by atoms with E-state index >= 15 is 0 Å². The highest BCUT2D eigenvalue weighted by Crippen LogP contribution is 2.33. The van der Waals surface area contributed by atoms with Crippen molar-refractivity contribution in [1.29, 1.82) is 0 Å². The quantitative estimate of drug-likeness (QED) is 0.795. The molecule has 2 aromatic heterocycles. The van der Waals surface area contributed by atoms with Crippen LogP contribution in [-0.2, 0) is 4.74 Å². The zero-order chi connectivity index (χ0) is 14.8. The molecule has 4 nitrogen and oxygen atoms in total. The fourth-order valence-corrected chi connectivity index (χ4v) is 3.88. The molecule has 0 N–H and O–H groups in total. The molecular formula is C15H20ClN3OS. The molecule has 0 amide bonds. The molecule has 21 heavy (non-hydrogen) atoms. The summed E-state index contributed by atoms with van der Waals surface area (Å²) in [5, 5.41) is 1.44. The van der Waals surface area contributed by atoms with Gasteiger partial charge in [-0.15, -0.1) is 11.3 Å². The lowest BCUT2D eigenvalue weighted by atomic mass is 10.1. The minimum Gasteiger partial charge on any atom is -0.376 e. The molecule has 1 unspecified atom stereocenters. The third-order valence-electron chi connectivity index (χ3n) is 3.70. The van der Waals surface area contributed by atoms with Gasteiger partial charge in [-0.25, -0.2) is 4.98 Å². The topological polar surface area (TPSA) is 38.2 Å². The molecule has 1 aliphatic rings. The summed E-state index contributed by atoms with van der Waals surface area (Å²) in [6.45, 7) is 6.95. The first-order valence-corrected chi connectivity index (χ1v) is 8.67. The van der Waals surface area contributed by atoms with E-state index < -0.39 is 0 Å². The van der Waals surface area contributed by atoms with Crippen LogP contribution in [0.15, 0.2) is 6.07 Å². The lowest BCUT2D eigenvalue weighted by molar-refractivity contribution is 0.0439. The molecule has 0 radical (unpaired) electrons. The Bertz CT molecular complexity index is 631. The molecule has 0 aromatic carbocycles. The van der Waals surface area contributed by atoms with Crippen LogP contribution in [0.3, 0.4) is 0 Å². The van der Waals surface area contributed by atoms with Gasteiger partial charge in [0.1, 0.15) is 10.6 Å². The number of hydrogen-bond acceptors (Lipinski definition) is 5. The van der Waals surface area contributed by atoms with Crippen molar-refractivity contribution < 1.29 is 4.74 Å². The second kappa shape index (κ2) is 6.46. The molecule has 1 aliphatic heterocycles. The maximum atomic E-state index is 6.10. The fourth-order valence-electron chi connectivity index (χ4n) is 2.79. The van der Waals surface area contributed by atoms with Crippen LogP contribution in [0.4, 0.5) is 5.82 Å². The number of aromatic nitrogens is 2. The number of thiophene rings is 1. The zero-order valence-corrected chi connectivity index (χ0v) is 14.0. The van der Waals surface area contributed by atoms with Crippen LogP contribution < -0.4 is 4.90 Å². The Labute approximate surface area is 134 Å². The summed E-state index contributed by atoms with van der Waals surface area (Å²) < 4.78 is 5.92. The van der Waals surface area contributed by atoms with Crippen LogP contribution in [0.5, 0.6) is 0 Å². The van der Waals surface area contributed by atoms with Gasteiger partial charge in [-0.1, -0.05) is 6.92 Å². The van der Waals surface area contributed by atoms with E-state index in [4.69, 9.17) is 16.3 Å². The van der Waals surface area contributed by atoms with Crippen molar-refractivity contribution >= 4 is 39.0 Å². The van der Waals surface area contributed by atoms with Gasteiger partial charge in [0, 0.05) is 24.6 Å². The Hall–Kier alpha value is -0.910. The van der Waals surface area contributed by atoms with Crippen molar-refractivity contribution in [2.24, 2.45) is 0 Å². The first-order chi connectivity index (χ1) is 10.2. The summed E-state index contributed by atoms with van der Waals surface area (Å²) in [5.41, 5.74) is 0. The van der Waals surface area contributed by atoms with Gasteiger partial charge < -0.3 is 9.64 Å². The summed E-state index contributed by atoms with van der Waals surface area (Å²) in [5.74, 6) is 0.958. The molecule has 0 saturated carbocycles. The second-order valence-corrected chi connectivity index (χ2v) is 7.05. The highest BCUT2D eigenvalue weighted by molar-refractivity contribution is 7.18. The van der Waals surface area contributed by atoms with E-state index in [2.05, 4.69) is 34.8 Å². The normalized spacial score (nSPS) is 19.4. The third-order valence-corrected chi connectivity index (χ3v) is 4.82. The van der Waals surface area contributed by atoms with E-state index in [0.717, 1.165) is 55.0 Å². The summed E-state index contributed by atoms with van der Waals surface area (Å²) in [4.78, 5) is 13.3. The Kier molecular flexibility index (Phi) is 4.62. The van der Waals surface area contributed by atoms with E-state index in [-0.39, 0.29) is 0 Å². The van der Waals surface area contributed by atoms with Crippen LogP contribution in [-0.4, -0.2) is 35.8 Å². The maximum Gasteiger partial charge on any atom is 0.225 e. The standard InChI is InChI=1S/C15H20ClN3OS/c1-3-7-20-11-5-4-6-19(9-11)13-12-8-10(2)21-14(12)18-15(16)17-13/h8,11H,3-7,9H2,1-2H3. The molecule has 0 spiro atoms. The molecule has 3 rings (SSSR count). The van der Waals surface area contributed by atoms with E-state index in [0.29, 0.717) is 11.4 Å². The van der Waals surface area contributed by atoms with Gasteiger partial charge in [-0.05, 0) is 43.9 Å². The highest BCUT2D eigenvalue weighted by atomic mass is 35.5. The molecule has 3 heterocycles. The molecule has 0 bridgehead atoms. The molecule has 1 atom stereocenters. The van der Waals surface area contributed by atoms with Crippen LogP contribution in [0.1, 0.15) is 31.1 Å². The summed E-state index contributed by atoms with van der Waals surface area (Å²) in [7, 11) is 0. The minimum atomic E-state index is 0.294. The average molecular weight is 326 g/mol. The third kappa shape index (κ3) is 3.30. The predicted octanol–water partition coefficient (Wildman–Crippen LogP) is 4.05. The molecule has 114 valence electrons. The van der Waals surface area contributed by atoms with E-state index in [9.17, 15) is 0 Å². The van der Waals surface area contributed by atoms with Crippen molar-refractivity contribution in [1.82, 2.24) is 9.97 Å². The lowest BCUT2D eigenvalue weighted by Gasteiger charge is -2.33. The van der Waals surface area contributed by atoms with Gasteiger partial charge in [0.15, 0.2) is 0 Å². The fraction of sp³-hybridized carbons (Fsp3) is 0.600. The first-order valence-electron chi connectivity index (χ1n) is 7.47. The monoisotopic (exact) mass is 325 g/mol. The number of hydrogen-bond donors (Lipinski definition) is 0. The lowest BCUT2D eigenvalue weighted by Crippen LogP contribution is -2.40. The second-order valence-electron chi connectivity index (χ2n) is 5.47. The average Bonchev–Trinajstić information content (AvgIpc) is 2.84. The van der Waals surface area contributed by atoms with E-state index in [1.807, 2.05) is 0 Å². The highest BCUT2D eigenvalue weighted by Gasteiger charge is 2.24.